The normalized spacial score (nSPS) is 28.8. The van der Waals surface area contributed by atoms with E-state index in [1.54, 1.807) is 24.3 Å². The van der Waals surface area contributed by atoms with Crippen molar-refractivity contribution in [1.82, 2.24) is 10.2 Å². The van der Waals surface area contributed by atoms with Crippen LogP contribution in [-0.4, -0.2) is 50.6 Å². The van der Waals surface area contributed by atoms with Gasteiger partial charge in [0.1, 0.15) is 0 Å². The van der Waals surface area contributed by atoms with Crippen LogP contribution in [0.5, 0.6) is 0 Å². The molecule has 31 heavy (non-hydrogen) atoms. The fourth-order valence-electron chi connectivity index (χ4n) is 4.67. The lowest BCUT2D eigenvalue weighted by atomic mass is 9.77. The summed E-state index contributed by atoms with van der Waals surface area (Å²) in [6, 6.07) is 17.7. The molecule has 0 radical (unpaired) electrons. The van der Waals surface area contributed by atoms with Crippen LogP contribution in [-0.2, 0) is 20.9 Å². The summed E-state index contributed by atoms with van der Waals surface area (Å²) >= 11 is 0. The van der Waals surface area contributed by atoms with Crippen LogP contribution >= 0.6 is 0 Å². The summed E-state index contributed by atoms with van der Waals surface area (Å²) in [7, 11) is 0. The molecule has 7 nitrogen and oxygen atoms in total. The maximum atomic E-state index is 13.3. The zero-order chi connectivity index (χ0) is 22.2. The van der Waals surface area contributed by atoms with Crippen LogP contribution in [0, 0.1) is 11.8 Å². The Kier molecular flexibility index (Phi) is 5.47. The Labute approximate surface area is 180 Å². The highest BCUT2D eigenvalue weighted by atomic mass is 16.4. The molecule has 160 valence electrons. The van der Waals surface area contributed by atoms with Crippen molar-refractivity contribution in [1.29, 1.82) is 0 Å². The molecule has 0 aliphatic carbocycles. The van der Waals surface area contributed by atoms with Gasteiger partial charge in [0.25, 0.3) is 0 Å². The number of rotatable bonds is 6. The zero-order valence-electron chi connectivity index (χ0n) is 17.0. The molecule has 2 aromatic carbocycles. The van der Waals surface area contributed by atoms with E-state index in [4.69, 9.17) is 0 Å². The SMILES string of the molecule is CC(O)C1(C(=O)O)NC(/C=C/c2ccccc2)C2C(=O)N(Cc3ccccc3)C(=O)C21. The Balaban J connectivity index is 1.73. The van der Waals surface area contributed by atoms with Gasteiger partial charge in [0.15, 0.2) is 5.54 Å². The number of nitrogens with one attached hydrogen (secondary N) is 1. The van der Waals surface area contributed by atoms with E-state index in [9.17, 15) is 24.6 Å². The van der Waals surface area contributed by atoms with E-state index in [2.05, 4.69) is 5.32 Å². The lowest BCUT2D eigenvalue weighted by molar-refractivity contribution is -0.156. The number of imide groups is 1. The van der Waals surface area contributed by atoms with Crippen molar-refractivity contribution in [3.8, 4) is 0 Å². The fraction of sp³-hybridized carbons (Fsp3) is 0.292. The molecule has 0 bridgehead atoms. The van der Waals surface area contributed by atoms with Crippen LogP contribution in [0.3, 0.4) is 0 Å². The van der Waals surface area contributed by atoms with Gasteiger partial charge in [-0.15, -0.1) is 0 Å². The third-order valence-corrected chi connectivity index (χ3v) is 6.22. The van der Waals surface area contributed by atoms with Crippen LogP contribution in [0.15, 0.2) is 66.7 Å². The molecular weight excluding hydrogens is 396 g/mol. The molecule has 7 heteroatoms. The number of aliphatic hydroxyl groups is 1. The molecule has 0 saturated carbocycles. The molecule has 2 aromatic rings. The number of aliphatic carboxylic acids is 1. The number of nitrogens with zero attached hydrogens (tertiary/aromatic N) is 1. The lowest BCUT2D eigenvalue weighted by Gasteiger charge is -2.33. The summed E-state index contributed by atoms with van der Waals surface area (Å²) in [6.45, 7) is 1.40. The molecule has 0 aromatic heterocycles. The van der Waals surface area contributed by atoms with E-state index in [0.29, 0.717) is 0 Å². The molecule has 2 heterocycles. The average Bonchev–Trinajstić information content (AvgIpc) is 3.24. The number of carbonyl (C=O) groups is 3. The number of amides is 2. The summed E-state index contributed by atoms with van der Waals surface area (Å²) in [5.74, 6) is -4.48. The maximum Gasteiger partial charge on any atom is 0.327 e. The number of carbonyl (C=O) groups excluding carboxylic acids is 2. The highest BCUT2D eigenvalue weighted by Crippen LogP contribution is 2.45. The number of aliphatic hydroxyl groups excluding tert-OH is 1. The van der Waals surface area contributed by atoms with Gasteiger partial charge in [0, 0.05) is 6.04 Å². The van der Waals surface area contributed by atoms with Crippen molar-refractivity contribution >= 4 is 23.9 Å². The molecule has 5 unspecified atom stereocenters. The van der Waals surface area contributed by atoms with Gasteiger partial charge in [-0.1, -0.05) is 72.8 Å². The second kappa shape index (κ2) is 8.09. The number of hydrogen-bond acceptors (Lipinski definition) is 5. The minimum Gasteiger partial charge on any atom is -0.480 e. The number of fused-ring (bicyclic) bond motifs is 1. The van der Waals surface area contributed by atoms with E-state index in [1.165, 1.54) is 6.92 Å². The Morgan fingerprint density at radius 3 is 2.29 bits per heavy atom. The standard InChI is InChI=1S/C24H24N2O5/c1-15(27)24(23(30)31)20-19(18(25-24)13-12-16-8-4-2-5-9-16)21(28)26(22(20)29)14-17-10-6-3-7-11-17/h2-13,15,18-20,25,27H,14H2,1H3,(H,30,31)/b13-12+. The second-order valence-corrected chi connectivity index (χ2v) is 8.04. The second-order valence-electron chi connectivity index (χ2n) is 8.04. The lowest BCUT2D eigenvalue weighted by Crippen LogP contribution is -2.62. The van der Waals surface area contributed by atoms with Gasteiger partial charge >= 0.3 is 5.97 Å². The number of carboxylic acids is 1. The van der Waals surface area contributed by atoms with E-state index in [-0.39, 0.29) is 6.54 Å². The first-order valence-corrected chi connectivity index (χ1v) is 10.2. The van der Waals surface area contributed by atoms with Crippen LogP contribution in [0.25, 0.3) is 6.08 Å². The van der Waals surface area contributed by atoms with Crippen molar-refractivity contribution in [2.24, 2.45) is 11.8 Å². The number of hydrogen-bond donors (Lipinski definition) is 3. The Bertz CT molecular complexity index is 1020. The fourth-order valence-corrected chi connectivity index (χ4v) is 4.67. The first-order valence-electron chi connectivity index (χ1n) is 10.2. The van der Waals surface area contributed by atoms with Gasteiger partial charge in [0.2, 0.25) is 11.8 Å². The molecule has 2 aliphatic heterocycles. The monoisotopic (exact) mass is 420 g/mol. The van der Waals surface area contributed by atoms with Crippen molar-refractivity contribution in [3.05, 3.63) is 77.9 Å². The van der Waals surface area contributed by atoms with Gasteiger partial charge in [-0.3, -0.25) is 24.6 Å². The number of likely N-dealkylation sites (tertiary alicyclic amines) is 1. The third-order valence-electron chi connectivity index (χ3n) is 6.22. The van der Waals surface area contributed by atoms with Crippen LogP contribution in [0.4, 0.5) is 0 Å². The smallest absolute Gasteiger partial charge is 0.327 e. The van der Waals surface area contributed by atoms with E-state index >= 15 is 0 Å². The first kappa shape index (κ1) is 21.0. The maximum absolute atomic E-state index is 13.3. The Morgan fingerprint density at radius 1 is 1.10 bits per heavy atom. The summed E-state index contributed by atoms with van der Waals surface area (Å²) < 4.78 is 0. The average molecular weight is 420 g/mol. The molecule has 3 N–H and O–H groups in total. The van der Waals surface area contributed by atoms with Crippen molar-refractivity contribution in [2.75, 3.05) is 0 Å². The Hall–Kier alpha value is -3.29. The summed E-state index contributed by atoms with van der Waals surface area (Å²) in [6.07, 6.45) is 2.10. The molecular formula is C24H24N2O5. The van der Waals surface area contributed by atoms with Gasteiger partial charge in [-0.25, -0.2) is 0 Å². The van der Waals surface area contributed by atoms with Gasteiger partial charge < -0.3 is 10.2 Å². The van der Waals surface area contributed by atoms with E-state index < -0.39 is 47.3 Å². The topological polar surface area (TPSA) is 107 Å². The molecule has 0 spiro atoms. The van der Waals surface area contributed by atoms with Gasteiger partial charge in [0.05, 0.1) is 24.5 Å². The van der Waals surface area contributed by atoms with Gasteiger partial charge in [-0.05, 0) is 18.1 Å². The van der Waals surface area contributed by atoms with Crippen LogP contribution in [0.2, 0.25) is 0 Å². The largest absolute Gasteiger partial charge is 0.480 e. The van der Waals surface area contributed by atoms with Crippen molar-refractivity contribution < 1.29 is 24.6 Å². The minimum absolute atomic E-state index is 0.0656. The quantitative estimate of drug-likeness (QED) is 0.614. The predicted molar refractivity (Wildman–Crippen MR) is 113 cm³/mol. The minimum atomic E-state index is -1.95. The highest BCUT2D eigenvalue weighted by molar-refractivity contribution is 6.09. The van der Waals surface area contributed by atoms with E-state index in [0.717, 1.165) is 16.0 Å². The summed E-state index contributed by atoms with van der Waals surface area (Å²) in [5, 5.41) is 23.4. The van der Waals surface area contributed by atoms with Crippen molar-refractivity contribution in [2.45, 2.75) is 31.2 Å². The predicted octanol–water partition coefficient (Wildman–Crippen LogP) is 1.68. The number of carboxylic acid groups (broad SMARTS) is 1. The molecule has 2 amide bonds. The van der Waals surface area contributed by atoms with Crippen molar-refractivity contribution in [3.63, 3.8) is 0 Å². The summed E-state index contributed by atoms with van der Waals surface area (Å²) in [4.78, 5) is 40.1. The Morgan fingerprint density at radius 2 is 1.71 bits per heavy atom. The van der Waals surface area contributed by atoms with Crippen LogP contribution < -0.4 is 5.32 Å². The highest BCUT2D eigenvalue weighted by Gasteiger charge is 2.69. The molecule has 2 saturated heterocycles. The van der Waals surface area contributed by atoms with Crippen LogP contribution in [0.1, 0.15) is 18.1 Å². The van der Waals surface area contributed by atoms with E-state index in [1.807, 2.05) is 48.5 Å². The number of benzene rings is 2. The molecule has 2 fully saturated rings. The molecule has 5 atom stereocenters. The third kappa shape index (κ3) is 3.45. The molecule has 2 aliphatic rings. The molecule has 4 rings (SSSR count). The summed E-state index contributed by atoms with van der Waals surface area (Å²) in [5.41, 5.74) is -0.302. The first-order chi connectivity index (χ1) is 14.9. The van der Waals surface area contributed by atoms with Gasteiger partial charge in [-0.2, -0.15) is 0 Å². The zero-order valence-corrected chi connectivity index (χ0v) is 17.0.